The number of piperazine rings is 1. The Bertz CT molecular complexity index is 1260. The molecule has 0 atom stereocenters. The summed E-state index contributed by atoms with van der Waals surface area (Å²) >= 11 is 13.4. The number of nitrogens with one attached hydrogen (secondary N) is 1. The Morgan fingerprint density at radius 1 is 1.03 bits per heavy atom. The molecule has 1 aliphatic carbocycles. The summed E-state index contributed by atoms with van der Waals surface area (Å²) in [4.78, 5) is 15.5. The zero-order valence-corrected chi connectivity index (χ0v) is 20.9. The lowest BCUT2D eigenvalue weighted by Gasteiger charge is -2.35. The van der Waals surface area contributed by atoms with E-state index in [1.807, 2.05) is 12.1 Å². The number of primary amides is 1. The average Bonchev–Trinajstić information content (AvgIpc) is 3.23. The average molecular weight is 494 g/mol. The second kappa shape index (κ2) is 9.61. The van der Waals surface area contributed by atoms with E-state index in [4.69, 9.17) is 28.9 Å². The first-order valence-corrected chi connectivity index (χ1v) is 12.8. The standard InChI is InChI=1S/C28H29Cl2N3O/c1-2-3-8-19-21-16-17-7-4-5-9-18(17)23(21)24(20-10-6-11-22(29)26(20)30)27(25(19)28(31)34)33-14-12-32-13-15-33/h4-7,9-11,32H,2-3,8,12-16H2,1H3,(H2,31,34). The molecule has 1 saturated heterocycles. The van der Waals surface area contributed by atoms with Crippen molar-refractivity contribution in [3.05, 3.63) is 74.8 Å². The van der Waals surface area contributed by atoms with Gasteiger partial charge in [0.1, 0.15) is 0 Å². The highest BCUT2D eigenvalue weighted by atomic mass is 35.5. The summed E-state index contributed by atoms with van der Waals surface area (Å²) in [5.41, 5.74) is 15.5. The number of fused-ring (bicyclic) bond motifs is 3. The Morgan fingerprint density at radius 2 is 1.76 bits per heavy atom. The van der Waals surface area contributed by atoms with Gasteiger partial charge >= 0.3 is 0 Å². The molecule has 0 aromatic heterocycles. The maximum Gasteiger partial charge on any atom is 0.251 e. The maximum atomic E-state index is 13.2. The van der Waals surface area contributed by atoms with Crippen LogP contribution in [0.25, 0.3) is 22.3 Å². The predicted octanol–water partition coefficient (Wildman–Crippen LogP) is 6.08. The van der Waals surface area contributed by atoms with Crippen LogP contribution in [-0.4, -0.2) is 32.1 Å². The van der Waals surface area contributed by atoms with E-state index in [0.717, 1.165) is 74.2 Å². The van der Waals surface area contributed by atoms with E-state index in [1.54, 1.807) is 6.07 Å². The zero-order valence-electron chi connectivity index (χ0n) is 19.4. The first kappa shape index (κ1) is 23.2. The van der Waals surface area contributed by atoms with Crippen molar-refractivity contribution in [1.29, 1.82) is 0 Å². The summed E-state index contributed by atoms with van der Waals surface area (Å²) in [5.74, 6) is -0.377. The molecule has 0 spiro atoms. The van der Waals surface area contributed by atoms with Crippen LogP contribution >= 0.6 is 23.2 Å². The highest BCUT2D eigenvalue weighted by molar-refractivity contribution is 6.44. The van der Waals surface area contributed by atoms with Crippen LogP contribution in [0.3, 0.4) is 0 Å². The third kappa shape index (κ3) is 3.88. The molecule has 2 aliphatic rings. The Morgan fingerprint density at radius 3 is 2.50 bits per heavy atom. The Labute approximate surface area is 211 Å². The Kier molecular flexibility index (Phi) is 6.57. The molecule has 0 saturated carbocycles. The smallest absolute Gasteiger partial charge is 0.251 e. The second-order valence-corrected chi connectivity index (χ2v) is 9.86. The van der Waals surface area contributed by atoms with Gasteiger partial charge in [-0.05, 0) is 53.1 Å². The lowest BCUT2D eigenvalue weighted by atomic mass is 9.83. The minimum absolute atomic E-state index is 0.377. The van der Waals surface area contributed by atoms with Crippen molar-refractivity contribution in [2.75, 3.05) is 31.1 Å². The van der Waals surface area contributed by atoms with Gasteiger partial charge in [0.15, 0.2) is 0 Å². The van der Waals surface area contributed by atoms with Gasteiger partial charge < -0.3 is 16.0 Å². The lowest BCUT2D eigenvalue weighted by molar-refractivity contribution is 0.0999. The van der Waals surface area contributed by atoms with E-state index in [2.05, 4.69) is 41.4 Å². The quantitative estimate of drug-likeness (QED) is 0.342. The summed E-state index contributed by atoms with van der Waals surface area (Å²) in [6.45, 7) is 5.45. The molecule has 1 amide bonds. The van der Waals surface area contributed by atoms with Crippen LogP contribution in [0, 0.1) is 0 Å². The molecule has 176 valence electrons. The summed E-state index contributed by atoms with van der Waals surface area (Å²) in [7, 11) is 0. The number of carbonyl (C=O) groups is 1. The second-order valence-electron chi connectivity index (χ2n) is 9.07. The van der Waals surface area contributed by atoms with Crippen LogP contribution < -0.4 is 16.0 Å². The summed E-state index contributed by atoms with van der Waals surface area (Å²) in [6, 6.07) is 14.2. The monoisotopic (exact) mass is 493 g/mol. The molecule has 3 aromatic carbocycles. The minimum atomic E-state index is -0.377. The van der Waals surface area contributed by atoms with Crippen LogP contribution in [0.5, 0.6) is 0 Å². The number of amides is 1. The van der Waals surface area contributed by atoms with E-state index < -0.39 is 0 Å². The first-order chi connectivity index (χ1) is 16.5. The highest BCUT2D eigenvalue weighted by Gasteiger charge is 2.34. The normalized spacial score (nSPS) is 14.7. The van der Waals surface area contributed by atoms with E-state index >= 15 is 0 Å². The van der Waals surface area contributed by atoms with Gasteiger partial charge in [0, 0.05) is 37.3 Å². The van der Waals surface area contributed by atoms with Gasteiger partial charge in [0.05, 0.1) is 21.3 Å². The van der Waals surface area contributed by atoms with Gasteiger partial charge in [-0.15, -0.1) is 0 Å². The Hall–Kier alpha value is -2.53. The number of nitrogens with two attached hydrogens (primary N) is 1. The minimum Gasteiger partial charge on any atom is -0.368 e. The fraction of sp³-hybridized carbons (Fsp3) is 0.321. The molecule has 0 bridgehead atoms. The molecule has 3 aromatic rings. The number of unbranched alkanes of at least 4 members (excludes halogenated alkanes) is 1. The van der Waals surface area contributed by atoms with Gasteiger partial charge in [-0.25, -0.2) is 0 Å². The summed E-state index contributed by atoms with van der Waals surface area (Å²) < 4.78 is 0. The molecule has 34 heavy (non-hydrogen) atoms. The van der Waals surface area contributed by atoms with Crippen LogP contribution in [0.15, 0.2) is 42.5 Å². The molecular formula is C28H29Cl2N3O. The van der Waals surface area contributed by atoms with Crippen molar-refractivity contribution in [1.82, 2.24) is 5.32 Å². The molecule has 1 aliphatic heterocycles. The molecule has 0 radical (unpaired) electrons. The third-order valence-electron chi connectivity index (χ3n) is 7.03. The third-order valence-corrected chi connectivity index (χ3v) is 7.85. The fourth-order valence-electron chi connectivity index (χ4n) is 5.50. The van der Waals surface area contributed by atoms with Gasteiger partial charge in [-0.3, -0.25) is 4.79 Å². The van der Waals surface area contributed by atoms with Crippen molar-refractivity contribution in [2.45, 2.75) is 32.6 Å². The lowest BCUT2D eigenvalue weighted by Crippen LogP contribution is -2.44. The Balaban J connectivity index is 1.94. The van der Waals surface area contributed by atoms with Gasteiger partial charge in [-0.1, -0.05) is 72.9 Å². The largest absolute Gasteiger partial charge is 0.368 e. The topological polar surface area (TPSA) is 58.4 Å². The molecule has 1 fully saturated rings. The van der Waals surface area contributed by atoms with Crippen molar-refractivity contribution < 1.29 is 4.79 Å². The fourth-order valence-corrected chi connectivity index (χ4v) is 5.89. The summed E-state index contributed by atoms with van der Waals surface area (Å²) in [6.07, 6.45) is 3.66. The van der Waals surface area contributed by atoms with Crippen LogP contribution in [0.2, 0.25) is 10.0 Å². The number of anilines is 1. The molecular weight excluding hydrogens is 465 g/mol. The zero-order chi connectivity index (χ0) is 23.8. The number of benzene rings is 3. The predicted molar refractivity (Wildman–Crippen MR) is 142 cm³/mol. The number of nitrogens with zero attached hydrogens (tertiary/aromatic N) is 1. The van der Waals surface area contributed by atoms with Crippen LogP contribution in [0.4, 0.5) is 5.69 Å². The molecule has 6 heteroatoms. The molecule has 5 rings (SSSR count). The SMILES string of the molecule is CCCCc1c2c(c(-c3cccc(Cl)c3Cl)c(N3CCNCC3)c1C(N)=O)-c1ccccc1C2. The van der Waals surface area contributed by atoms with E-state index in [9.17, 15) is 4.79 Å². The number of hydrogen-bond donors (Lipinski definition) is 2. The van der Waals surface area contributed by atoms with Crippen molar-refractivity contribution in [3.63, 3.8) is 0 Å². The first-order valence-electron chi connectivity index (χ1n) is 12.0. The maximum absolute atomic E-state index is 13.2. The number of rotatable bonds is 6. The van der Waals surface area contributed by atoms with Gasteiger partial charge in [0.25, 0.3) is 5.91 Å². The number of hydrogen-bond acceptors (Lipinski definition) is 3. The highest BCUT2D eigenvalue weighted by Crippen LogP contribution is 2.53. The van der Waals surface area contributed by atoms with E-state index in [-0.39, 0.29) is 5.91 Å². The number of halogens is 2. The van der Waals surface area contributed by atoms with Crippen molar-refractivity contribution >= 4 is 34.8 Å². The van der Waals surface area contributed by atoms with Crippen molar-refractivity contribution in [3.8, 4) is 22.3 Å². The molecule has 1 heterocycles. The van der Waals surface area contributed by atoms with Crippen LogP contribution in [0.1, 0.15) is 46.8 Å². The molecule has 3 N–H and O–H groups in total. The van der Waals surface area contributed by atoms with Gasteiger partial charge in [0.2, 0.25) is 0 Å². The summed E-state index contributed by atoms with van der Waals surface area (Å²) in [5, 5.41) is 4.43. The van der Waals surface area contributed by atoms with E-state index in [1.165, 1.54) is 22.3 Å². The van der Waals surface area contributed by atoms with Crippen molar-refractivity contribution in [2.24, 2.45) is 5.73 Å². The van der Waals surface area contributed by atoms with Gasteiger partial charge in [-0.2, -0.15) is 0 Å². The van der Waals surface area contributed by atoms with E-state index in [0.29, 0.717) is 15.6 Å². The molecule has 4 nitrogen and oxygen atoms in total. The number of carbonyl (C=O) groups excluding carboxylic acids is 1. The molecule has 0 unspecified atom stereocenters. The van der Waals surface area contributed by atoms with Crippen LogP contribution in [-0.2, 0) is 12.8 Å².